The molecular formula is C19H27N5O. The lowest BCUT2D eigenvalue weighted by Crippen LogP contribution is -2.53. The van der Waals surface area contributed by atoms with Crippen LogP contribution in [0.1, 0.15) is 23.2 Å². The number of aromatic nitrogens is 2. The third-order valence-electron chi connectivity index (χ3n) is 4.76. The van der Waals surface area contributed by atoms with Gasteiger partial charge in [0, 0.05) is 50.6 Å². The molecule has 2 heterocycles. The van der Waals surface area contributed by atoms with Crippen molar-refractivity contribution in [2.45, 2.75) is 32.9 Å². The van der Waals surface area contributed by atoms with Gasteiger partial charge in [-0.25, -0.2) is 4.98 Å². The number of aliphatic hydroxyl groups is 1. The lowest BCUT2D eigenvalue weighted by atomic mass is 10.1. The smallest absolute Gasteiger partial charge is 0.222 e. The van der Waals surface area contributed by atoms with E-state index in [4.69, 9.17) is 5.73 Å². The first-order valence-corrected chi connectivity index (χ1v) is 8.81. The summed E-state index contributed by atoms with van der Waals surface area (Å²) < 4.78 is 0. The van der Waals surface area contributed by atoms with Gasteiger partial charge in [0.15, 0.2) is 0 Å². The number of anilines is 2. The topological polar surface area (TPSA) is 78.5 Å². The third-order valence-corrected chi connectivity index (χ3v) is 4.76. The zero-order valence-corrected chi connectivity index (χ0v) is 15.0. The first-order chi connectivity index (χ1) is 12.0. The van der Waals surface area contributed by atoms with Crippen LogP contribution in [0.3, 0.4) is 0 Å². The van der Waals surface area contributed by atoms with Crippen LogP contribution in [0.15, 0.2) is 30.3 Å². The fourth-order valence-electron chi connectivity index (χ4n) is 3.40. The van der Waals surface area contributed by atoms with E-state index in [1.54, 1.807) is 0 Å². The molecule has 0 amide bonds. The van der Waals surface area contributed by atoms with E-state index in [2.05, 4.69) is 51.0 Å². The van der Waals surface area contributed by atoms with E-state index in [1.807, 2.05) is 13.0 Å². The molecule has 1 aliphatic rings. The number of hydrogen-bond donors (Lipinski definition) is 2. The highest BCUT2D eigenvalue weighted by Gasteiger charge is 2.27. The fraction of sp³-hybridized carbons (Fsp3) is 0.474. The Morgan fingerprint density at radius 2 is 1.92 bits per heavy atom. The number of benzene rings is 1. The summed E-state index contributed by atoms with van der Waals surface area (Å²) in [5.41, 5.74) is 9.26. The maximum absolute atomic E-state index is 9.49. The second-order valence-electron chi connectivity index (χ2n) is 6.79. The molecule has 1 aromatic carbocycles. The van der Waals surface area contributed by atoms with Gasteiger partial charge in [-0.15, -0.1) is 0 Å². The number of hydrogen-bond acceptors (Lipinski definition) is 6. The molecule has 3 rings (SSSR count). The summed E-state index contributed by atoms with van der Waals surface area (Å²) in [7, 11) is 0. The fourth-order valence-corrected chi connectivity index (χ4v) is 3.40. The molecule has 0 saturated carbocycles. The van der Waals surface area contributed by atoms with Crippen LogP contribution in [0.25, 0.3) is 0 Å². The largest absolute Gasteiger partial charge is 0.396 e. The molecule has 6 nitrogen and oxygen atoms in total. The van der Waals surface area contributed by atoms with Gasteiger partial charge in [-0.05, 0) is 25.8 Å². The van der Waals surface area contributed by atoms with Gasteiger partial charge in [-0.3, -0.25) is 4.90 Å². The molecule has 6 heteroatoms. The van der Waals surface area contributed by atoms with Gasteiger partial charge in [0.05, 0.1) is 0 Å². The number of piperazine rings is 1. The Morgan fingerprint density at radius 1 is 1.16 bits per heavy atom. The van der Waals surface area contributed by atoms with Crippen LogP contribution in [0.5, 0.6) is 0 Å². The molecular weight excluding hydrogens is 314 g/mol. The zero-order valence-electron chi connectivity index (χ0n) is 15.0. The summed E-state index contributed by atoms with van der Waals surface area (Å²) >= 11 is 0. The maximum Gasteiger partial charge on any atom is 0.222 e. The monoisotopic (exact) mass is 341 g/mol. The Kier molecular flexibility index (Phi) is 5.50. The number of rotatable bonds is 5. The van der Waals surface area contributed by atoms with Crippen molar-refractivity contribution < 1.29 is 5.11 Å². The van der Waals surface area contributed by atoms with Crippen LogP contribution in [-0.2, 0) is 6.54 Å². The minimum Gasteiger partial charge on any atom is -0.396 e. The second kappa shape index (κ2) is 7.80. The van der Waals surface area contributed by atoms with Crippen molar-refractivity contribution in [2.24, 2.45) is 0 Å². The standard InChI is InChI=1S/C19H27N5O/c1-14-3-5-16(6-4-14)12-23-8-9-24(13-17(23)7-10-25)18-11-15(2)21-19(20)22-18/h3-6,11,17,25H,7-10,12-13H2,1-2H3,(H2,20,21,22)/t17-/m1/s1. The molecule has 1 saturated heterocycles. The van der Waals surface area contributed by atoms with Gasteiger partial charge >= 0.3 is 0 Å². The van der Waals surface area contributed by atoms with Crippen LogP contribution >= 0.6 is 0 Å². The normalized spacial score (nSPS) is 18.5. The number of aliphatic hydroxyl groups excluding tert-OH is 1. The first-order valence-electron chi connectivity index (χ1n) is 8.81. The van der Waals surface area contributed by atoms with Crippen molar-refractivity contribution in [2.75, 3.05) is 36.9 Å². The van der Waals surface area contributed by atoms with Crippen molar-refractivity contribution in [3.05, 3.63) is 47.2 Å². The number of nitrogen functional groups attached to an aromatic ring is 1. The van der Waals surface area contributed by atoms with Crippen LogP contribution in [0.4, 0.5) is 11.8 Å². The Balaban J connectivity index is 1.72. The van der Waals surface area contributed by atoms with E-state index in [1.165, 1.54) is 11.1 Å². The summed E-state index contributed by atoms with van der Waals surface area (Å²) in [6.45, 7) is 7.79. The molecule has 0 unspecified atom stereocenters. The Bertz CT molecular complexity index is 683. The molecule has 134 valence electrons. The predicted molar refractivity (Wildman–Crippen MR) is 100 cm³/mol. The number of nitrogens with two attached hydrogens (primary N) is 1. The van der Waals surface area contributed by atoms with Gasteiger partial charge in [0.1, 0.15) is 5.82 Å². The van der Waals surface area contributed by atoms with E-state index in [0.717, 1.165) is 44.1 Å². The third kappa shape index (κ3) is 4.46. The van der Waals surface area contributed by atoms with Gasteiger partial charge in [0.25, 0.3) is 0 Å². The first kappa shape index (κ1) is 17.6. The van der Waals surface area contributed by atoms with Gasteiger partial charge in [-0.1, -0.05) is 29.8 Å². The number of aryl methyl sites for hydroxylation is 2. The predicted octanol–water partition coefficient (Wildman–Crippen LogP) is 1.75. The summed E-state index contributed by atoms with van der Waals surface area (Å²) in [6, 6.07) is 10.9. The lowest BCUT2D eigenvalue weighted by molar-refractivity contribution is 0.135. The van der Waals surface area contributed by atoms with Crippen molar-refractivity contribution in [3.63, 3.8) is 0 Å². The average Bonchev–Trinajstić information content (AvgIpc) is 2.58. The summed E-state index contributed by atoms with van der Waals surface area (Å²) in [5.74, 6) is 1.19. The van der Waals surface area contributed by atoms with Gasteiger partial charge in [-0.2, -0.15) is 4.98 Å². The second-order valence-corrected chi connectivity index (χ2v) is 6.79. The molecule has 0 aliphatic carbocycles. The highest BCUT2D eigenvalue weighted by atomic mass is 16.3. The van der Waals surface area contributed by atoms with Crippen molar-refractivity contribution >= 4 is 11.8 Å². The van der Waals surface area contributed by atoms with Crippen LogP contribution in [0, 0.1) is 13.8 Å². The molecule has 0 spiro atoms. The van der Waals surface area contributed by atoms with E-state index in [9.17, 15) is 5.11 Å². The Morgan fingerprint density at radius 3 is 2.60 bits per heavy atom. The maximum atomic E-state index is 9.49. The SMILES string of the molecule is Cc1ccc(CN2CCN(c3cc(C)nc(N)n3)C[C@H]2CCO)cc1. The Labute approximate surface area is 149 Å². The van der Waals surface area contributed by atoms with E-state index in [0.29, 0.717) is 5.95 Å². The van der Waals surface area contributed by atoms with Crippen molar-refractivity contribution in [1.29, 1.82) is 0 Å². The lowest BCUT2D eigenvalue weighted by Gasteiger charge is -2.42. The number of nitrogens with zero attached hydrogens (tertiary/aromatic N) is 4. The summed E-state index contributed by atoms with van der Waals surface area (Å²) in [5, 5.41) is 9.49. The highest BCUT2D eigenvalue weighted by molar-refractivity contribution is 5.44. The van der Waals surface area contributed by atoms with Crippen molar-refractivity contribution in [1.82, 2.24) is 14.9 Å². The Hall–Kier alpha value is -2.18. The van der Waals surface area contributed by atoms with Crippen molar-refractivity contribution in [3.8, 4) is 0 Å². The molecule has 25 heavy (non-hydrogen) atoms. The molecule has 2 aromatic rings. The molecule has 0 bridgehead atoms. The molecule has 1 fully saturated rings. The zero-order chi connectivity index (χ0) is 17.8. The molecule has 1 aromatic heterocycles. The molecule has 1 atom stereocenters. The van der Waals surface area contributed by atoms with E-state index < -0.39 is 0 Å². The summed E-state index contributed by atoms with van der Waals surface area (Å²) in [6.07, 6.45) is 0.752. The van der Waals surface area contributed by atoms with Crippen LogP contribution in [-0.4, -0.2) is 52.3 Å². The van der Waals surface area contributed by atoms with Crippen LogP contribution in [0.2, 0.25) is 0 Å². The van der Waals surface area contributed by atoms with Gasteiger partial charge < -0.3 is 15.7 Å². The minimum atomic E-state index is 0.188. The quantitative estimate of drug-likeness (QED) is 0.863. The highest BCUT2D eigenvalue weighted by Crippen LogP contribution is 2.22. The van der Waals surface area contributed by atoms with Crippen LogP contribution < -0.4 is 10.6 Å². The molecule has 1 aliphatic heterocycles. The summed E-state index contributed by atoms with van der Waals surface area (Å²) in [4.78, 5) is 13.2. The van der Waals surface area contributed by atoms with Gasteiger partial charge in [0.2, 0.25) is 5.95 Å². The minimum absolute atomic E-state index is 0.188. The molecule has 0 radical (unpaired) electrons. The van der Waals surface area contributed by atoms with E-state index >= 15 is 0 Å². The average molecular weight is 341 g/mol. The molecule has 3 N–H and O–H groups in total. The van der Waals surface area contributed by atoms with E-state index in [-0.39, 0.29) is 12.6 Å².